The molecule has 0 aromatic heterocycles. The number of nitro groups is 1. The largest absolute Gasteiger partial charge is 0.416 e. The molecule has 2 aromatic rings. The van der Waals surface area contributed by atoms with E-state index in [9.17, 15) is 23.3 Å². The van der Waals surface area contributed by atoms with Crippen molar-refractivity contribution in [2.75, 3.05) is 0 Å². The fourth-order valence-electron chi connectivity index (χ4n) is 1.73. The number of benzene rings is 2. The fraction of sp³-hybridized carbons (Fsp3) is 0.133. The smallest absolute Gasteiger partial charge is 0.391 e. The lowest BCUT2D eigenvalue weighted by Gasteiger charge is -2.05. The molecule has 0 spiro atoms. The molecule has 0 N–H and O–H groups in total. The third-order valence-electron chi connectivity index (χ3n) is 2.87. The van der Waals surface area contributed by atoms with E-state index in [4.69, 9.17) is 4.84 Å². The van der Waals surface area contributed by atoms with Gasteiger partial charge in [0.2, 0.25) is 0 Å². The Balaban J connectivity index is 1.92. The van der Waals surface area contributed by atoms with E-state index in [2.05, 4.69) is 5.16 Å². The van der Waals surface area contributed by atoms with Crippen LogP contribution in [0, 0.1) is 10.1 Å². The summed E-state index contributed by atoms with van der Waals surface area (Å²) in [6, 6.07) is 10.3. The Bertz CT molecular complexity index is 713. The van der Waals surface area contributed by atoms with E-state index in [0.29, 0.717) is 11.1 Å². The molecular weight excluding hydrogens is 313 g/mol. The van der Waals surface area contributed by atoms with E-state index in [-0.39, 0.29) is 12.3 Å². The zero-order valence-electron chi connectivity index (χ0n) is 11.7. The molecule has 0 bridgehead atoms. The summed E-state index contributed by atoms with van der Waals surface area (Å²) < 4.78 is 37.2. The van der Waals surface area contributed by atoms with Gasteiger partial charge in [0, 0.05) is 12.1 Å². The van der Waals surface area contributed by atoms with Crippen molar-refractivity contribution in [1.82, 2.24) is 0 Å². The molecule has 0 aliphatic rings. The molecule has 0 saturated carbocycles. The highest BCUT2D eigenvalue weighted by atomic mass is 19.4. The summed E-state index contributed by atoms with van der Waals surface area (Å²) in [6.07, 6.45) is -3.12. The second kappa shape index (κ2) is 6.91. The van der Waals surface area contributed by atoms with Crippen LogP contribution >= 0.6 is 0 Å². The third-order valence-corrected chi connectivity index (χ3v) is 2.87. The summed E-state index contributed by atoms with van der Waals surface area (Å²) in [7, 11) is 0. The van der Waals surface area contributed by atoms with Crippen molar-refractivity contribution < 1.29 is 22.9 Å². The minimum Gasteiger partial charge on any atom is -0.391 e. The second-order valence-electron chi connectivity index (χ2n) is 4.55. The number of halogens is 3. The first kappa shape index (κ1) is 16.5. The lowest BCUT2D eigenvalue weighted by Crippen LogP contribution is -2.04. The first-order valence-electron chi connectivity index (χ1n) is 6.42. The number of nitro benzene ring substituents is 1. The molecule has 0 radical (unpaired) electrons. The maximum Gasteiger partial charge on any atom is 0.416 e. The van der Waals surface area contributed by atoms with Crippen molar-refractivity contribution in [3.05, 3.63) is 75.3 Å². The monoisotopic (exact) mass is 324 g/mol. The normalized spacial score (nSPS) is 11.6. The predicted octanol–water partition coefficient (Wildman–Crippen LogP) is 4.16. The Kier molecular flexibility index (Phi) is 4.95. The Hall–Kier alpha value is -2.90. The number of nitrogens with zero attached hydrogens (tertiary/aromatic N) is 2. The van der Waals surface area contributed by atoms with Crippen molar-refractivity contribution in [2.24, 2.45) is 5.16 Å². The van der Waals surface area contributed by atoms with Crippen LogP contribution in [0.3, 0.4) is 0 Å². The van der Waals surface area contributed by atoms with Crippen LogP contribution in [0.5, 0.6) is 0 Å². The Morgan fingerprint density at radius 2 is 1.87 bits per heavy atom. The van der Waals surface area contributed by atoms with Gasteiger partial charge in [0.25, 0.3) is 5.69 Å². The number of hydrogen-bond acceptors (Lipinski definition) is 4. The minimum atomic E-state index is -4.38. The molecule has 8 heteroatoms. The molecular formula is C15H11F3N2O3. The highest BCUT2D eigenvalue weighted by Gasteiger charge is 2.29. The van der Waals surface area contributed by atoms with Gasteiger partial charge >= 0.3 is 6.18 Å². The van der Waals surface area contributed by atoms with Crippen LogP contribution < -0.4 is 0 Å². The number of alkyl halides is 3. The third kappa shape index (κ3) is 4.80. The van der Waals surface area contributed by atoms with Gasteiger partial charge in [-0.05, 0) is 23.3 Å². The maximum absolute atomic E-state index is 12.4. The first-order chi connectivity index (χ1) is 10.9. The Morgan fingerprint density at radius 1 is 1.17 bits per heavy atom. The predicted molar refractivity (Wildman–Crippen MR) is 76.9 cm³/mol. The van der Waals surface area contributed by atoms with Crippen molar-refractivity contribution in [3.8, 4) is 0 Å². The van der Waals surface area contributed by atoms with Crippen molar-refractivity contribution in [1.29, 1.82) is 0 Å². The van der Waals surface area contributed by atoms with Crippen LogP contribution in [-0.2, 0) is 17.6 Å². The van der Waals surface area contributed by atoms with Gasteiger partial charge in [-0.3, -0.25) is 10.1 Å². The molecule has 0 unspecified atom stereocenters. The molecule has 0 fully saturated rings. The highest BCUT2D eigenvalue weighted by Crippen LogP contribution is 2.28. The van der Waals surface area contributed by atoms with E-state index < -0.39 is 16.7 Å². The quantitative estimate of drug-likeness (QED) is 0.471. The Labute approximate surface area is 129 Å². The van der Waals surface area contributed by atoms with E-state index >= 15 is 0 Å². The Morgan fingerprint density at radius 3 is 2.48 bits per heavy atom. The van der Waals surface area contributed by atoms with Gasteiger partial charge in [0.1, 0.15) is 6.61 Å². The standard InChI is InChI=1S/C15H11F3N2O3/c16-15(17,18)13-6-4-11(5-7-13)9-19-23-10-12-2-1-3-14(8-12)20(21)22/h1-9H,10H2/b19-9-. The van der Waals surface area contributed by atoms with Gasteiger partial charge in [0.15, 0.2) is 0 Å². The van der Waals surface area contributed by atoms with E-state index in [0.717, 1.165) is 12.1 Å². The first-order valence-corrected chi connectivity index (χ1v) is 6.42. The van der Waals surface area contributed by atoms with E-state index in [1.165, 1.54) is 36.5 Å². The van der Waals surface area contributed by atoms with Crippen molar-refractivity contribution in [2.45, 2.75) is 12.8 Å². The summed E-state index contributed by atoms with van der Waals surface area (Å²) in [5.41, 5.74) is 0.200. The molecule has 0 amide bonds. The molecule has 2 aromatic carbocycles. The molecule has 0 aliphatic carbocycles. The molecule has 0 atom stereocenters. The van der Waals surface area contributed by atoms with Crippen molar-refractivity contribution >= 4 is 11.9 Å². The summed E-state index contributed by atoms with van der Waals surface area (Å²) in [4.78, 5) is 15.1. The lowest BCUT2D eigenvalue weighted by atomic mass is 10.1. The van der Waals surface area contributed by atoms with Gasteiger partial charge in [-0.25, -0.2) is 0 Å². The van der Waals surface area contributed by atoms with Crippen LogP contribution in [0.4, 0.5) is 18.9 Å². The number of hydrogen-bond donors (Lipinski definition) is 0. The van der Waals surface area contributed by atoms with Crippen LogP contribution in [0.15, 0.2) is 53.7 Å². The summed E-state index contributed by atoms with van der Waals surface area (Å²) in [6.45, 7) is 0.0127. The molecule has 0 aliphatic heterocycles. The molecule has 5 nitrogen and oxygen atoms in total. The van der Waals surface area contributed by atoms with Crippen LogP contribution in [0.2, 0.25) is 0 Å². The maximum atomic E-state index is 12.4. The summed E-state index contributed by atoms with van der Waals surface area (Å²) >= 11 is 0. The lowest BCUT2D eigenvalue weighted by molar-refractivity contribution is -0.384. The van der Waals surface area contributed by atoms with Crippen LogP contribution in [0.25, 0.3) is 0 Å². The summed E-state index contributed by atoms with van der Waals surface area (Å²) in [5, 5.41) is 14.2. The molecule has 0 saturated heterocycles. The number of rotatable bonds is 5. The topological polar surface area (TPSA) is 64.7 Å². The van der Waals surface area contributed by atoms with E-state index in [1.807, 2.05) is 0 Å². The van der Waals surface area contributed by atoms with Gasteiger partial charge in [-0.1, -0.05) is 29.4 Å². The molecule has 2 rings (SSSR count). The fourth-order valence-corrected chi connectivity index (χ4v) is 1.73. The van der Waals surface area contributed by atoms with Gasteiger partial charge in [-0.2, -0.15) is 13.2 Å². The van der Waals surface area contributed by atoms with E-state index in [1.54, 1.807) is 6.07 Å². The second-order valence-corrected chi connectivity index (χ2v) is 4.55. The molecule has 23 heavy (non-hydrogen) atoms. The van der Waals surface area contributed by atoms with Gasteiger partial charge in [-0.15, -0.1) is 0 Å². The number of oxime groups is 1. The average molecular weight is 324 g/mol. The average Bonchev–Trinajstić information content (AvgIpc) is 2.51. The van der Waals surface area contributed by atoms with Crippen molar-refractivity contribution in [3.63, 3.8) is 0 Å². The molecule has 0 heterocycles. The van der Waals surface area contributed by atoms with Gasteiger partial charge in [0.05, 0.1) is 16.7 Å². The molecule has 120 valence electrons. The van der Waals surface area contributed by atoms with Gasteiger partial charge < -0.3 is 4.84 Å². The number of non-ortho nitro benzene ring substituents is 1. The highest BCUT2D eigenvalue weighted by molar-refractivity contribution is 5.79. The van der Waals surface area contributed by atoms with Crippen LogP contribution in [-0.4, -0.2) is 11.1 Å². The minimum absolute atomic E-state index is 0.0127. The zero-order valence-corrected chi connectivity index (χ0v) is 11.7. The van der Waals surface area contributed by atoms with Crippen LogP contribution in [0.1, 0.15) is 16.7 Å². The summed E-state index contributed by atoms with van der Waals surface area (Å²) in [5.74, 6) is 0. The SMILES string of the molecule is O=[N+]([O-])c1cccc(CO/N=C\c2ccc(C(F)(F)F)cc2)c1. The zero-order chi connectivity index (χ0) is 16.9.